The minimum absolute atomic E-state index is 0.0987. The topological polar surface area (TPSA) is 74.6 Å². The predicted molar refractivity (Wildman–Crippen MR) is 82.3 cm³/mol. The van der Waals surface area contributed by atoms with Gasteiger partial charge in [0.1, 0.15) is 0 Å². The first kappa shape index (κ1) is 17.2. The van der Waals surface area contributed by atoms with Gasteiger partial charge in [-0.25, -0.2) is 9.59 Å². The van der Waals surface area contributed by atoms with E-state index in [0.717, 1.165) is 36.8 Å². The normalized spacial score (nSPS) is 10.6. The number of hydrogen-bond acceptors (Lipinski definition) is 2. The number of hydrogen-bond donors (Lipinski definition) is 2. The van der Waals surface area contributed by atoms with Gasteiger partial charge in [-0.3, -0.25) is 0 Å². The van der Waals surface area contributed by atoms with Gasteiger partial charge >= 0.3 is 11.9 Å². The van der Waals surface area contributed by atoms with E-state index < -0.39 is 11.9 Å². The molecule has 21 heavy (non-hydrogen) atoms. The van der Waals surface area contributed by atoms with Gasteiger partial charge < -0.3 is 10.2 Å². The highest BCUT2D eigenvalue weighted by molar-refractivity contribution is 5.98. The van der Waals surface area contributed by atoms with Crippen LogP contribution in [0.1, 0.15) is 76.9 Å². The van der Waals surface area contributed by atoms with Gasteiger partial charge in [0.2, 0.25) is 0 Å². The Labute approximate surface area is 125 Å². The number of carbonyl (C=O) groups is 2. The molecular formula is C17H24O4. The minimum Gasteiger partial charge on any atom is -0.478 e. The molecule has 0 fully saturated rings. The molecule has 0 saturated heterocycles. The Kier molecular flexibility index (Phi) is 6.40. The van der Waals surface area contributed by atoms with Crippen LogP contribution in [-0.2, 0) is 12.8 Å². The minimum atomic E-state index is -1.07. The molecular weight excluding hydrogens is 268 g/mol. The fraction of sp³-hybridized carbons (Fsp3) is 0.529. The van der Waals surface area contributed by atoms with Crippen molar-refractivity contribution in [1.82, 2.24) is 0 Å². The van der Waals surface area contributed by atoms with Crippen molar-refractivity contribution in [2.75, 3.05) is 0 Å². The molecule has 2 N–H and O–H groups in total. The molecule has 0 radical (unpaired) electrons. The highest BCUT2D eigenvalue weighted by Gasteiger charge is 2.22. The zero-order valence-electron chi connectivity index (χ0n) is 13.0. The Morgan fingerprint density at radius 1 is 1.05 bits per heavy atom. The van der Waals surface area contributed by atoms with Crippen molar-refractivity contribution in [3.63, 3.8) is 0 Å². The third kappa shape index (κ3) is 4.06. The maximum Gasteiger partial charge on any atom is 0.336 e. The highest BCUT2D eigenvalue weighted by atomic mass is 16.4. The van der Waals surface area contributed by atoms with E-state index in [1.165, 1.54) is 0 Å². The summed E-state index contributed by atoms with van der Waals surface area (Å²) in [4.78, 5) is 22.9. The van der Waals surface area contributed by atoms with E-state index in [1.807, 2.05) is 6.92 Å². The molecule has 0 aliphatic rings. The smallest absolute Gasteiger partial charge is 0.336 e. The second-order valence-corrected chi connectivity index (χ2v) is 5.34. The molecule has 4 nitrogen and oxygen atoms in total. The zero-order chi connectivity index (χ0) is 16.0. The van der Waals surface area contributed by atoms with Crippen molar-refractivity contribution in [2.45, 2.75) is 59.3 Å². The standard InChI is InChI=1S/C17H24O4/c1-4-6-7-8-9-13-12(5-2)10-14(16(18)19)11(3)15(13)17(20)21/h10H,4-9H2,1-3H3,(H,18,19)(H,20,21). The number of benzene rings is 1. The second kappa shape index (κ2) is 7.81. The van der Waals surface area contributed by atoms with Crippen molar-refractivity contribution in [3.05, 3.63) is 33.9 Å². The summed E-state index contributed by atoms with van der Waals surface area (Å²) in [7, 11) is 0. The van der Waals surface area contributed by atoms with Crippen LogP contribution in [0.25, 0.3) is 0 Å². The fourth-order valence-corrected chi connectivity index (χ4v) is 2.73. The van der Waals surface area contributed by atoms with Crippen molar-refractivity contribution >= 4 is 11.9 Å². The number of unbranched alkanes of at least 4 members (excludes halogenated alkanes) is 3. The molecule has 0 aliphatic carbocycles. The summed E-state index contributed by atoms with van der Waals surface area (Å²) in [5.74, 6) is -2.10. The van der Waals surface area contributed by atoms with Crippen molar-refractivity contribution in [3.8, 4) is 0 Å². The molecule has 116 valence electrons. The lowest BCUT2D eigenvalue weighted by Crippen LogP contribution is -2.13. The second-order valence-electron chi connectivity index (χ2n) is 5.34. The molecule has 1 rings (SSSR count). The largest absolute Gasteiger partial charge is 0.478 e. The predicted octanol–water partition coefficient (Wildman–Crippen LogP) is 4.08. The van der Waals surface area contributed by atoms with Crippen LogP contribution in [0.15, 0.2) is 6.07 Å². The number of carboxylic acids is 2. The fourth-order valence-electron chi connectivity index (χ4n) is 2.73. The maximum absolute atomic E-state index is 11.6. The van der Waals surface area contributed by atoms with E-state index in [-0.39, 0.29) is 11.1 Å². The third-order valence-corrected chi connectivity index (χ3v) is 3.89. The molecule has 0 bridgehead atoms. The maximum atomic E-state index is 11.6. The molecule has 0 atom stereocenters. The number of rotatable bonds is 8. The number of aryl methyl sites for hydroxylation is 1. The Morgan fingerprint density at radius 2 is 1.71 bits per heavy atom. The molecule has 0 aliphatic heterocycles. The summed E-state index contributed by atoms with van der Waals surface area (Å²) in [6.07, 6.45) is 5.61. The summed E-state index contributed by atoms with van der Waals surface area (Å²) in [6, 6.07) is 1.64. The van der Waals surface area contributed by atoms with E-state index in [1.54, 1.807) is 13.0 Å². The van der Waals surface area contributed by atoms with Gasteiger partial charge in [0, 0.05) is 0 Å². The quantitative estimate of drug-likeness (QED) is 0.708. The summed E-state index contributed by atoms with van der Waals surface area (Å²) >= 11 is 0. The molecule has 0 saturated carbocycles. The summed E-state index contributed by atoms with van der Waals surface area (Å²) < 4.78 is 0. The van der Waals surface area contributed by atoms with Crippen LogP contribution in [0.3, 0.4) is 0 Å². The van der Waals surface area contributed by atoms with Crippen LogP contribution < -0.4 is 0 Å². The van der Waals surface area contributed by atoms with Gasteiger partial charge in [0.15, 0.2) is 0 Å². The Balaban J connectivity index is 3.28. The van der Waals surface area contributed by atoms with Gasteiger partial charge in [-0.05, 0) is 48.9 Å². The first-order valence-corrected chi connectivity index (χ1v) is 7.55. The highest BCUT2D eigenvalue weighted by Crippen LogP contribution is 2.26. The lowest BCUT2D eigenvalue weighted by atomic mass is 9.88. The third-order valence-electron chi connectivity index (χ3n) is 3.89. The molecule has 0 amide bonds. The van der Waals surface area contributed by atoms with Gasteiger partial charge in [-0.2, -0.15) is 0 Å². The average Bonchev–Trinajstić information content (AvgIpc) is 2.42. The molecule has 1 aromatic carbocycles. The lowest BCUT2D eigenvalue weighted by molar-refractivity contribution is 0.0694. The van der Waals surface area contributed by atoms with E-state index in [2.05, 4.69) is 6.92 Å². The van der Waals surface area contributed by atoms with Gasteiger partial charge in [-0.15, -0.1) is 0 Å². The van der Waals surface area contributed by atoms with Crippen LogP contribution in [0.5, 0.6) is 0 Å². The summed E-state index contributed by atoms with van der Waals surface area (Å²) in [5.41, 5.74) is 2.29. The number of carboxylic acid groups (broad SMARTS) is 2. The summed E-state index contributed by atoms with van der Waals surface area (Å²) in [5, 5.41) is 18.7. The van der Waals surface area contributed by atoms with Crippen LogP contribution in [0.4, 0.5) is 0 Å². The molecule has 4 heteroatoms. The van der Waals surface area contributed by atoms with Crippen molar-refractivity contribution in [1.29, 1.82) is 0 Å². The van der Waals surface area contributed by atoms with Crippen molar-refractivity contribution < 1.29 is 19.8 Å². The van der Waals surface area contributed by atoms with Crippen LogP contribution in [0, 0.1) is 6.92 Å². The van der Waals surface area contributed by atoms with E-state index in [0.29, 0.717) is 18.4 Å². The first-order valence-electron chi connectivity index (χ1n) is 7.55. The Morgan fingerprint density at radius 3 is 2.19 bits per heavy atom. The average molecular weight is 292 g/mol. The Hall–Kier alpha value is -1.84. The van der Waals surface area contributed by atoms with Crippen LogP contribution in [-0.4, -0.2) is 22.2 Å². The molecule has 0 spiro atoms. The molecule has 0 heterocycles. The lowest BCUT2D eigenvalue weighted by Gasteiger charge is -2.16. The molecule has 0 aromatic heterocycles. The SMILES string of the molecule is CCCCCCc1c(CC)cc(C(=O)O)c(C)c1C(=O)O. The van der Waals surface area contributed by atoms with Gasteiger partial charge in [0.25, 0.3) is 0 Å². The zero-order valence-corrected chi connectivity index (χ0v) is 13.0. The first-order chi connectivity index (χ1) is 9.93. The monoisotopic (exact) mass is 292 g/mol. The van der Waals surface area contributed by atoms with Gasteiger partial charge in [-0.1, -0.05) is 33.1 Å². The Bertz CT molecular complexity index is 532. The summed E-state index contributed by atoms with van der Waals surface area (Å²) in [6.45, 7) is 5.64. The van der Waals surface area contributed by atoms with E-state index in [9.17, 15) is 19.8 Å². The van der Waals surface area contributed by atoms with E-state index in [4.69, 9.17) is 0 Å². The van der Waals surface area contributed by atoms with Crippen LogP contribution in [0.2, 0.25) is 0 Å². The van der Waals surface area contributed by atoms with Crippen molar-refractivity contribution in [2.24, 2.45) is 0 Å². The van der Waals surface area contributed by atoms with Gasteiger partial charge in [0.05, 0.1) is 11.1 Å². The molecule has 0 unspecified atom stereocenters. The molecule has 1 aromatic rings. The number of aromatic carboxylic acids is 2. The van der Waals surface area contributed by atoms with E-state index >= 15 is 0 Å². The van der Waals surface area contributed by atoms with Crippen LogP contribution >= 0.6 is 0 Å².